The van der Waals surface area contributed by atoms with Gasteiger partial charge in [0.2, 0.25) is 0 Å². The Morgan fingerprint density at radius 1 is 1.32 bits per heavy atom. The normalized spacial score (nSPS) is 14.2. The summed E-state index contributed by atoms with van der Waals surface area (Å²) in [7, 11) is 0. The molecule has 3 N–H and O–H groups in total. The molecule has 0 saturated carbocycles. The van der Waals surface area contributed by atoms with Gasteiger partial charge in [0.05, 0.1) is 5.54 Å². The van der Waals surface area contributed by atoms with E-state index in [4.69, 9.17) is 5.73 Å². The van der Waals surface area contributed by atoms with Crippen molar-refractivity contribution in [1.82, 2.24) is 5.32 Å². The zero-order valence-corrected chi connectivity index (χ0v) is 12.5. The minimum absolute atomic E-state index is 0.0512. The van der Waals surface area contributed by atoms with E-state index in [2.05, 4.69) is 26.1 Å². The lowest BCUT2D eigenvalue weighted by molar-refractivity contribution is 0.0883. The maximum Gasteiger partial charge on any atom is 0.251 e. The van der Waals surface area contributed by atoms with E-state index in [0.29, 0.717) is 18.0 Å². The maximum absolute atomic E-state index is 12.2. The van der Waals surface area contributed by atoms with Crippen LogP contribution in [0.5, 0.6) is 0 Å². The van der Waals surface area contributed by atoms with Crippen LogP contribution in [0.1, 0.15) is 50.0 Å². The number of nitrogens with two attached hydrogens (primary N) is 1. The number of benzene rings is 1. The Hall–Kier alpha value is -1.35. The number of rotatable bonds is 6. The van der Waals surface area contributed by atoms with Crippen LogP contribution in [0.3, 0.4) is 0 Å². The van der Waals surface area contributed by atoms with Crippen molar-refractivity contribution >= 4 is 5.91 Å². The molecule has 0 aliphatic rings. The lowest BCUT2D eigenvalue weighted by Crippen LogP contribution is -2.55. The molecule has 0 aliphatic heterocycles. The van der Waals surface area contributed by atoms with Gasteiger partial charge in [0.1, 0.15) is 0 Å². The molecular weight excluding hydrogens is 236 g/mol. The minimum Gasteiger partial charge on any atom is -0.345 e. The van der Waals surface area contributed by atoms with E-state index in [0.717, 1.165) is 12.8 Å². The highest BCUT2D eigenvalue weighted by Crippen LogP contribution is 2.16. The molecule has 1 atom stereocenters. The third-order valence-corrected chi connectivity index (χ3v) is 3.85. The molecule has 0 saturated heterocycles. The summed E-state index contributed by atoms with van der Waals surface area (Å²) < 4.78 is 0. The fourth-order valence-corrected chi connectivity index (χ4v) is 1.87. The van der Waals surface area contributed by atoms with Gasteiger partial charge in [-0.05, 0) is 37.0 Å². The maximum atomic E-state index is 12.2. The summed E-state index contributed by atoms with van der Waals surface area (Å²) in [4.78, 5) is 12.2. The lowest BCUT2D eigenvalue weighted by Gasteiger charge is -2.33. The smallest absolute Gasteiger partial charge is 0.251 e. The fraction of sp³-hybridized carbons (Fsp3) is 0.562. The van der Waals surface area contributed by atoms with Crippen LogP contribution in [0.4, 0.5) is 0 Å². The quantitative estimate of drug-likeness (QED) is 0.828. The number of carbonyl (C=O) groups excluding carboxylic acids is 1. The largest absolute Gasteiger partial charge is 0.345 e. The number of carbonyl (C=O) groups is 1. The SMILES string of the molecule is CCCc1ccc(C(=O)NC(C)(CN)C(C)C)cc1. The highest BCUT2D eigenvalue weighted by molar-refractivity contribution is 5.94. The minimum atomic E-state index is -0.362. The fourth-order valence-electron chi connectivity index (χ4n) is 1.87. The van der Waals surface area contributed by atoms with Crippen LogP contribution in [-0.4, -0.2) is 18.0 Å². The average Bonchev–Trinajstić information content (AvgIpc) is 2.39. The molecule has 0 aliphatic carbocycles. The van der Waals surface area contributed by atoms with E-state index in [1.165, 1.54) is 5.56 Å². The van der Waals surface area contributed by atoms with Crippen molar-refractivity contribution in [3.63, 3.8) is 0 Å². The van der Waals surface area contributed by atoms with Gasteiger partial charge in [-0.15, -0.1) is 0 Å². The zero-order valence-electron chi connectivity index (χ0n) is 12.5. The van der Waals surface area contributed by atoms with Gasteiger partial charge in [0.15, 0.2) is 0 Å². The molecule has 0 heterocycles. The van der Waals surface area contributed by atoms with E-state index >= 15 is 0 Å². The first-order valence-electron chi connectivity index (χ1n) is 7.04. The van der Waals surface area contributed by atoms with Crippen molar-refractivity contribution in [2.45, 2.75) is 46.1 Å². The second kappa shape index (κ2) is 6.71. The Morgan fingerprint density at radius 3 is 2.32 bits per heavy atom. The molecule has 1 aromatic rings. The number of amides is 1. The second-order valence-electron chi connectivity index (χ2n) is 5.68. The van der Waals surface area contributed by atoms with Crippen molar-refractivity contribution in [2.75, 3.05) is 6.54 Å². The first-order chi connectivity index (χ1) is 8.92. The number of hydrogen-bond acceptors (Lipinski definition) is 2. The zero-order chi connectivity index (χ0) is 14.5. The summed E-state index contributed by atoms with van der Waals surface area (Å²) in [5.74, 6) is 0.241. The van der Waals surface area contributed by atoms with E-state index in [1.54, 1.807) is 0 Å². The van der Waals surface area contributed by atoms with Crippen molar-refractivity contribution in [2.24, 2.45) is 11.7 Å². The summed E-state index contributed by atoms with van der Waals surface area (Å²) in [6, 6.07) is 7.82. The molecule has 1 aromatic carbocycles. The molecule has 0 bridgehead atoms. The first-order valence-corrected chi connectivity index (χ1v) is 7.04. The number of aryl methyl sites for hydroxylation is 1. The van der Waals surface area contributed by atoms with Crippen LogP contribution in [-0.2, 0) is 6.42 Å². The van der Waals surface area contributed by atoms with Gasteiger partial charge in [-0.25, -0.2) is 0 Å². The van der Waals surface area contributed by atoms with Gasteiger partial charge in [-0.1, -0.05) is 39.3 Å². The van der Waals surface area contributed by atoms with E-state index in [-0.39, 0.29) is 11.4 Å². The molecule has 106 valence electrons. The average molecular weight is 262 g/mol. The molecular formula is C16H26N2O. The lowest BCUT2D eigenvalue weighted by atomic mass is 9.88. The van der Waals surface area contributed by atoms with Crippen LogP contribution in [0.15, 0.2) is 24.3 Å². The van der Waals surface area contributed by atoms with Gasteiger partial charge in [-0.2, -0.15) is 0 Å². The van der Waals surface area contributed by atoms with Crippen LogP contribution in [0, 0.1) is 5.92 Å². The van der Waals surface area contributed by atoms with Crippen LogP contribution in [0.2, 0.25) is 0 Å². The Balaban J connectivity index is 2.77. The van der Waals surface area contributed by atoms with Gasteiger partial charge >= 0.3 is 0 Å². The van der Waals surface area contributed by atoms with E-state index in [1.807, 2.05) is 31.2 Å². The van der Waals surface area contributed by atoms with Crippen molar-refractivity contribution in [3.05, 3.63) is 35.4 Å². The standard InChI is InChI=1S/C16H26N2O/c1-5-6-13-7-9-14(10-8-13)15(19)18-16(4,11-17)12(2)3/h7-10,12H,5-6,11,17H2,1-4H3,(H,18,19). The summed E-state index contributed by atoms with van der Waals surface area (Å²) >= 11 is 0. The highest BCUT2D eigenvalue weighted by Gasteiger charge is 2.28. The third-order valence-electron chi connectivity index (χ3n) is 3.85. The predicted molar refractivity (Wildman–Crippen MR) is 80.2 cm³/mol. The van der Waals surface area contributed by atoms with Crippen molar-refractivity contribution < 1.29 is 4.79 Å². The summed E-state index contributed by atoms with van der Waals surface area (Å²) in [5.41, 5.74) is 7.38. The molecule has 1 unspecified atom stereocenters. The summed E-state index contributed by atoms with van der Waals surface area (Å²) in [5, 5.41) is 3.05. The van der Waals surface area contributed by atoms with Crippen LogP contribution >= 0.6 is 0 Å². The molecule has 0 radical (unpaired) electrons. The Kier molecular flexibility index (Phi) is 5.55. The highest BCUT2D eigenvalue weighted by atomic mass is 16.1. The van der Waals surface area contributed by atoms with E-state index < -0.39 is 0 Å². The molecule has 0 spiro atoms. The number of nitrogens with one attached hydrogen (secondary N) is 1. The van der Waals surface area contributed by atoms with Crippen molar-refractivity contribution in [3.8, 4) is 0 Å². The summed E-state index contributed by atoms with van der Waals surface area (Å²) in [6.07, 6.45) is 2.17. The van der Waals surface area contributed by atoms with Crippen LogP contribution in [0.25, 0.3) is 0 Å². The molecule has 19 heavy (non-hydrogen) atoms. The number of hydrogen-bond donors (Lipinski definition) is 2. The summed E-state index contributed by atoms with van der Waals surface area (Å²) in [6.45, 7) is 8.70. The first kappa shape index (κ1) is 15.7. The molecule has 3 nitrogen and oxygen atoms in total. The Morgan fingerprint density at radius 2 is 1.89 bits per heavy atom. The van der Waals surface area contributed by atoms with Crippen molar-refractivity contribution in [1.29, 1.82) is 0 Å². The van der Waals surface area contributed by atoms with Gasteiger partial charge in [-0.3, -0.25) is 4.79 Å². The van der Waals surface area contributed by atoms with Gasteiger partial charge in [0.25, 0.3) is 5.91 Å². The van der Waals surface area contributed by atoms with Crippen LogP contribution < -0.4 is 11.1 Å². The van der Waals surface area contributed by atoms with Gasteiger partial charge in [0, 0.05) is 12.1 Å². The molecule has 0 fully saturated rings. The second-order valence-corrected chi connectivity index (χ2v) is 5.68. The Bertz CT molecular complexity index is 411. The molecule has 0 aromatic heterocycles. The topological polar surface area (TPSA) is 55.1 Å². The van der Waals surface area contributed by atoms with E-state index in [9.17, 15) is 4.79 Å². The predicted octanol–water partition coefficient (Wildman–Crippen LogP) is 2.74. The van der Waals surface area contributed by atoms with Gasteiger partial charge < -0.3 is 11.1 Å². The molecule has 3 heteroatoms. The monoisotopic (exact) mass is 262 g/mol. The third kappa shape index (κ3) is 4.06. The molecule has 1 rings (SSSR count). The molecule has 1 amide bonds. The Labute approximate surface area is 116 Å².